The number of amides is 1. The number of benzene rings is 1. The van der Waals surface area contributed by atoms with Crippen LogP contribution in [0, 0.1) is 5.92 Å². The Hall–Kier alpha value is -2.14. The highest BCUT2D eigenvalue weighted by Crippen LogP contribution is 2.31. The molecule has 4 nitrogen and oxygen atoms in total. The Kier molecular flexibility index (Phi) is 4.57. The van der Waals surface area contributed by atoms with Crippen LogP contribution in [-0.4, -0.2) is 11.9 Å². The minimum atomic E-state index is -0.316. The first-order chi connectivity index (χ1) is 12.2. The lowest BCUT2D eigenvalue weighted by atomic mass is 10.1. The highest BCUT2D eigenvalue weighted by molar-refractivity contribution is 7.14. The minimum Gasteiger partial charge on any atom is -0.422 e. The van der Waals surface area contributed by atoms with Crippen LogP contribution in [0.3, 0.4) is 0 Å². The zero-order chi connectivity index (χ0) is 17.2. The molecule has 0 unspecified atom stereocenters. The first kappa shape index (κ1) is 16.3. The predicted molar refractivity (Wildman–Crippen MR) is 98.3 cm³/mol. The average molecular weight is 355 g/mol. The minimum absolute atomic E-state index is 0.0467. The molecule has 130 valence electrons. The zero-order valence-corrected chi connectivity index (χ0v) is 14.9. The number of nitrogens with one attached hydrogen (secondary N) is 1. The Balaban J connectivity index is 1.44. The van der Waals surface area contributed by atoms with E-state index >= 15 is 0 Å². The van der Waals surface area contributed by atoms with Gasteiger partial charge in [0, 0.05) is 22.5 Å². The van der Waals surface area contributed by atoms with Crippen LogP contribution in [-0.2, 0) is 17.6 Å². The summed E-state index contributed by atoms with van der Waals surface area (Å²) in [5, 5.41) is 2.88. The third-order valence-electron chi connectivity index (χ3n) is 4.71. The summed E-state index contributed by atoms with van der Waals surface area (Å²) in [4.78, 5) is 26.3. The van der Waals surface area contributed by atoms with Crippen molar-refractivity contribution in [2.75, 3.05) is 5.32 Å². The van der Waals surface area contributed by atoms with Crippen LogP contribution in [0.1, 0.15) is 52.2 Å². The van der Waals surface area contributed by atoms with Crippen molar-refractivity contribution in [3.8, 4) is 5.75 Å². The lowest BCUT2D eigenvalue weighted by Crippen LogP contribution is -2.13. The number of hydrogen-bond acceptors (Lipinski definition) is 4. The summed E-state index contributed by atoms with van der Waals surface area (Å²) < 4.78 is 5.53. The fourth-order valence-electron chi connectivity index (χ4n) is 3.15. The van der Waals surface area contributed by atoms with Crippen LogP contribution in [0.2, 0.25) is 0 Å². The van der Waals surface area contributed by atoms with Crippen LogP contribution in [0.25, 0.3) is 0 Å². The average Bonchev–Trinajstić information content (AvgIpc) is 3.40. The number of esters is 1. The molecular formula is C20H21NO3S. The van der Waals surface area contributed by atoms with E-state index in [4.69, 9.17) is 4.74 Å². The number of aryl methyl sites for hydroxylation is 2. The molecule has 0 saturated heterocycles. The van der Waals surface area contributed by atoms with Gasteiger partial charge in [0.1, 0.15) is 10.6 Å². The second-order valence-corrected chi connectivity index (χ2v) is 7.94. The van der Waals surface area contributed by atoms with Gasteiger partial charge in [0.25, 0.3) is 0 Å². The first-order valence-electron chi connectivity index (χ1n) is 8.94. The van der Waals surface area contributed by atoms with Gasteiger partial charge >= 0.3 is 5.97 Å². The van der Waals surface area contributed by atoms with Crippen molar-refractivity contribution in [1.29, 1.82) is 0 Å². The molecule has 1 N–H and O–H groups in total. The molecule has 1 saturated carbocycles. The van der Waals surface area contributed by atoms with Gasteiger partial charge in [-0.05, 0) is 62.3 Å². The van der Waals surface area contributed by atoms with Crippen molar-refractivity contribution >= 4 is 28.9 Å². The van der Waals surface area contributed by atoms with Crippen molar-refractivity contribution in [2.45, 2.75) is 44.9 Å². The maximum atomic E-state index is 12.5. The lowest BCUT2D eigenvalue weighted by Gasteiger charge is -2.07. The van der Waals surface area contributed by atoms with Crippen LogP contribution >= 0.6 is 11.3 Å². The van der Waals surface area contributed by atoms with E-state index in [9.17, 15) is 9.59 Å². The van der Waals surface area contributed by atoms with E-state index in [0.717, 1.165) is 25.7 Å². The van der Waals surface area contributed by atoms with E-state index < -0.39 is 0 Å². The maximum absolute atomic E-state index is 12.5. The number of carbonyl (C=O) groups excluding carboxylic acids is 2. The normalized spacial score (nSPS) is 16.6. The van der Waals surface area contributed by atoms with Gasteiger partial charge < -0.3 is 10.1 Å². The second-order valence-electron chi connectivity index (χ2n) is 6.80. The SMILES string of the molecule is O=C(Oc1cccc(NC(=O)C2CC2)c1)c1cc2c(s1)CCCCC2. The van der Waals surface area contributed by atoms with Crippen LogP contribution in [0.4, 0.5) is 5.69 Å². The number of rotatable bonds is 4. The van der Waals surface area contributed by atoms with Crippen LogP contribution < -0.4 is 10.1 Å². The van der Waals surface area contributed by atoms with Gasteiger partial charge in [0.15, 0.2) is 0 Å². The van der Waals surface area contributed by atoms with Gasteiger partial charge in [-0.1, -0.05) is 12.5 Å². The summed E-state index contributed by atoms with van der Waals surface area (Å²) in [6, 6.07) is 9.03. The molecule has 0 radical (unpaired) electrons. The van der Waals surface area contributed by atoms with Gasteiger partial charge in [-0.15, -0.1) is 11.3 Å². The Morgan fingerprint density at radius 1 is 1.08 bits per heavy atom. The van der Waals surface area contributed by atoms with E-state index in [1.165, 1.54) is 29.7 Å². The number of thiophene rings is 1. The lowest BCUT2D eigenvalue weighted by molar-refractivity contribution is -0.117. The molecule has 1 aromatic heterocycles. The van der Waals surface area contributed by atoms with Gasteiger partial charge in [0.2, 0.25) is 5.91 Å². The number of ether oxygens (including phenoxy) is 1. The molecular weight excluding hydrogens is 334 g/mol. The molecule has 25 heavy (non-hydrogen) atoms. The molecule has 0 spiro atoms. The predicted octanol–water partition coefficient (Wildman–Crippen LogP) is 4.58. The first-order valence-corrected chi connectivity index (χ1v) is 9.75. The van der Waals surface area contributed by atoms with E-state index in [0.29, 0.717) is 16.3 Å². The van der Waals surface area contributed by atoms with Gasteiger partial charge in [-0.25, -0.2) is 4.79 Å². The number of anilines is 1. The molecule has 4 rings (SSSR count). The van der Waals surface area contributed by atoms with Crippen molar-refractivity contribution in [3.05, 3.63) is 45.6 Å². The Labute approximate surface area is 151 Å². The van der Waals surface area contributed by atoms with Crippen molar-refractivity contribution in [1.82, 2.24) is 0 Å². The van der Waals surface area contributed by atoms with E-state index in [1.54, 1.807) is 29.5 Å². The van der Waals surface area contributed by atoms with E-state index in [2.05, 4.69) is 5.32 Å². The molecule has 0 atom stereocenters. The van der Waals surface area contributed by atoms with Gasteiger partial charge in [-0.2, -0.15) is 0 Å². The van der Waals surface area contributed by atoms with Crippen molar-refractivity contribution in [2.24, 2.45) is 5.92 Å². The number of carbonyl (C=O) groups is 2. The third-order valence-corrected chi connectivity index (χ3v) is 5.93. The number of hydrogen-bond donors (Lipinski definition) is 1. The Morgan fingerprint density at radius 3 is 2.76 bits per heavy atom. The standard InChI is InChI=1S/C20H21NO3S/c22-19(13-9-10-13)21-15-6-4-7-16(12-15)24-20(23)18-11-14-5-2-1-3-8-17(14)25-18/h4,6-7,11-13H,1-3,5,8-10H2,(H,21,22). The quantitative estimate of drug-likeness (QED) is 0.496. The van der Waals surface area contributed by atoms with E-state index in [-0.39, 0.29) is 17.8 Å². The summed E-state index contributed by atoms with van der Waals surface area (Å²) in [5.74, 6) is 0.337. The summed E-state index contributed by atoms with van der Waals surface area (Å²) in [6.07, 6.45) is 7.71. The van der Waals surface area contributed by atoms with Crippen molar-refractivity contribution in [3.63, 3.8) is 0 Å². The van der Waals surface area contributed by atoms with E-state index in [1.807, 2.05) is 12.1 Å². The van der Waals surface area contributed by atoms with Gasteiger partial charge in [-0.3, -0.25) is 4.79 Å². The largest absolute Gasteiger partial charge is 0.422 e. The fraction of sp³-hybridized carbons (Fsp3) is 0.400. The zero-order valence-electron chi connectivity index (χ0n) is 14.0. The molecule has 2 aliphatic rings. The molecule has 1 aromatic carbocycles. The number of fused-ring (bicyclic) bond motifs is 1. The van der Waals surface area contributed by atoms with Gasteiger partial charge in [0.05, 0.1) is 0 Å². The Bertz CT molecular complexity index is 784. The molecule has 5 heteroatoms. The molecule has 2 aliphatic carbocycles. The molecule has 1 amide bonds. The highest BCUT2D eigenvalue weighted by atomic mass is 32.1. The molecule has 2 aromatic rings. The second kappa shape index (κ2) is 7.00. The summed E-state index contributed by atoms with van der Waals surface area (Å²) in [5.41, 5.74) is 1.98. The fourth-order valence-corrected chi connectivity index (χ4v) is 4.28. The van der Waals surface area contributed by atoms with Crippen LogP contribution in [0.5, 0.6) is 5.75 Å². The summed E-state index contributed by atoms with van der Waals surface area (Å²) in [6.45, 7) is 0. The molecule has 1 heterocycles. The van der Waals surface area contributed by atoms with Crippen molar-refractivity contribution < 1.29 is 14.3 Å². The molecule has 1 fully saturated rings. The summed E-state index contributed by atoms with van der Waals surface area (Å²) >= 11 is 1.56. The monoisotopic (exact) mass is 355 g/mol. The summed E-state index contributed by atoms with van der Waals surface area (Å²) in [7, 11) is 0. The highest BCUT2D eigenvalue weighted by Gasteiger charge is 2.29. The Morgan fingerprint density at radius 2 is 1.92 bits per heavy atom. The third kappa shape index (κ3) is 3.93. The van der Waals surface area contributed by atoms with Crippen LogP contribution in [0.15, 0.2) is 30.3 Å². The molecule has 0 aliphatic heterocycles. The topological polar surface area (TPSA) is 55.4 Å². The maximum Gasteiger partial charge on any atom is 0.353 e. The molecule has 0 bridgehead atoms. The smallest absolute Gasteiger partial charge is 0.353 e.